The van der Waals surface area contributed by atoms with Gasteiger partial charge in [0.15, 0.2) is 0 Å². The van der Waals surface area contributed by atoms with Crippen molar-refractivity contribution in [2.75, 3.05) is 13.1 Å². The van der Waals surface area contributed by atoms with Gasteiger partial charge in [0.1, 0.15) is 0 Å². The van der Waals surface area contributed by atoms with Crippen molar-refractivity contribution in [3.05, 3.63) is 36.0 Å². The Morgan fingerprint density at radius 1 is 1.32 bits per heavy atom. The Labute approximate surface area is 129 Å². The Bertz CT molecular complexity index is 720. The molecule has 22 heavy (non-hydrogen) atoms. The number of likely N-dealkylation sites (tertiary alicyclic amines) is 1. The minimum absolute atomic E-state index is 0.0160. The molecule has 0 aliphatic carbocycles. The second-order valence-electron chi connectivity index (χ2n) is 5.98. The van der Waals surface area contributed by atoms with Gasteiger partial charge in [0.05, 0.1) is 12.3 Å². The molecule has 0 bridgehead atoms. The lowest BCUT2D eigenvalue weighted by atomic mass is 9.97. The molecule has 2 aromatic rings. The predicted octanol–water partition coefficient (Wildman–Crippen LogP) is 2.04. The van der Waals surface area contributed by atoms with Gasteiger partial charge in [-0.1, -0.05) is 18.2 Å². The summed E-state index contributed by atoms with van der Waals surface area (Å²) in [7, 11) is 1.97. The first-order valence-corrected chi connectivity index (χ1v) is 7.60. The van der Waals surface area contributed by atoms with Crippen LogP contribution < -0.4 is 0 Å². The summed E-state index contributed by atoms with van der Waals surface area (Å²) in [5.41, 5.74) is 2.10. The van der Waals surface area contributed by atoms with Crippen LogP contribution in [0.2, 0.25) is 0 Å². The molecular formula is C17H20N2O3. The number of hydrogen-bond acceptors (Lipinski definition) is 2. The van der Waals surface area contributed by atoms with E-state index < -0.39 is 11.9 Å². The number of aryl methyl sites for hydroxylation is 1. The molecule has 5 heteroatoms. The monoisotopic (exact) mass is 300 g/mol. The number of aliphatic carboxylic acids is 1. The van der Waals surface area contributed by atoms with Crippen molar-refractivity contribution < 1.29 is 14.7 Å². The first-order chi connectivity index (χ1) is 10.6. The fourth-order valence-electron chi connectivity index (χ4n) is 3.25. The number of carboxylic acids is 1. The third-order valence-corrected chi connectivity index (χ3v) is 4.44. The first kappa shape index (κ1) is 14.6. The van der Waals surface area contributed by atoms with Crippen molar-refractivity contribution in [3.8, 4) is 0 Å². The van der Waals surface area contributed by atoms with E-state index in [-0.39, 0.29) is 5.91 Å². The Balaban J connectivity index is 1.77. The molecule has 1 aromatic heterocycles. The molecular weight excluding hydrogens is 280 g/mol. The van der Waals surface area contributed by atoms with E-state index in [9.17, 15) is 9.59 Å². The number of nitrogens with zero attached hydrogens (tertiary/aromatic N) is 2. The number of fused-ring (bicyclic) bond motifs is 1. The van der Waals surface area contributed by atoms with Gasteiger partial charge in [-0.2, -0.15) is 0 Å². The summed E-state index contributed by atoms with van der Waals surface area (Å²) in [6.45, 7) is 0.992. The maximum absolute atomic E-state index is 12.5. The van der Waals surface area contributed by atoms with Gasteiger partial charge in [0.25, 0.3) is 0 Å². The number of rotatable bonds is 3. The maximum atomic E-state index is 12.5. The Kier molecular flexibility index (Phi) is 3.88. The number of para-hydroxylation sites is 1. The Hall–Kier alpha value is -2.30. The summed E-state index contributed by atoms with van der Waals surface area (Å²) in [6, 6.07) is 8.01. The van der Waals surface area contributed by atoms with Crippen LogP contribution in [-0.2, 0) is 23.1 Å². The van der Waals surface area contributed by atoms with E-state index in [2.05, 4.69) is 0 Å². The zero-order valence-electron chi connectivity index (χ0n) is 12.7. The molecule has 1 aliphatic heterocycles. The highest BCUT2D eigenvalue weighted by molar-refractivity contribution is 5.89. The van der Waals surface area contributed by atoms with Crippen molar-refractivity contribution in [1.82, 2.24) is 9.47 Å². The Morgan fingerprint density at radius 3 is 2.86 bits per heavy atom. The molecule has 2 heterocycles. The SMILES string of the molecule is Cn1cc(CC(=O)N2CCCC(C(=O)O)C2)c2ccccc21. The van der Waals surface area contributed by atoms with Gasteiger partial charge in [-0.15, -0.1) is 0 Å². The fraction of sp³-hybridized carbons (Fsp3) is 0.412. The summed E-state index contributed by atoms with van der Waals surface area (Å²) in [4.78, 5) is 25.3. The topological polar surface area (TPSA) is 62.5 Å². The number of carbonyl (C=O) groups excluding carboxylic acids is 1. The van der Waals surface area contributed by atoms with Gasteiger partial charge in [0, 0.05) is 37.2 Å². The van der Waals surface area contributed by atoms with E-state index in [0.29, 0.717) is 25.9 Å². The van der Waals surface area contributed by atoms with E-state index in [1.54, 1.807) is 4.90 Å². The average Bonchev–Trinajstić information content (AvgIpc) is 2.84. The third kappa shape index (κ3) is 2.71. The minimum atomic E-state index is -0.803. The minimum Gasteiger partial charge on any atom is -0.481 e. The third-order valence-electron chi connectivity index (χ3n) is 4.44. The number of hydrogen-bond donors (Lipinski definition) is 1. The van der Waals surface area contributed by atoms with Crippen LogP contribution in [0.1, 0.15) is 18.4 Å². The number of aromatic nitrogens is 1. The standard InChI is InChI=1S/C17H20N2O3/c1-18-10-13(14-6-2-3-7-15(14)18)9-16(20)19-8-4-5-12(11-19)17(21)22/h2-3,6-7,10,12H,4-5,8-9,11H2,1H3,(H,21,22). The van der Waals surface area contributed by atoms with Crippen LogP contribution in [0.25, 0.3) is 10.9 Å². The van der Waals surface area contributed by atoms with Crippen LogP contribution >= 0.6 is 0 Å². The van der Waals surface area contributed by atoms with E-state index in [1.807, 2.05) is 42.1 Å². The zero-order chi connectivity index (χ0) is 15.7. The summed E-state index contributed by atoms with van der Waals surface area (Å²) in [5.74, 6) is -1.21. The van der Waals surface area contributed by atoms with E-state index in [4.69, 9.17) is 5.11 Å². The molecule has 116 valence electrons. The molecule has 1 aromatic carbocycles. The number of carboxylic acid groups (broad SMARTS) is 1. The second kappa shape index (κ2) is 5.83. The van der Waals surface area contributed by atoms with Crippen molar-refractivity contribution in [2.24, 2.45) is 13.0 Å². The van der Waals surface area contributed by atoms with Gasteiger partial charge in [0.2, 0.25) is 5.91 Å². The normalized spacial score (nSPS) is 18.6. The van der Waals surface area contributed by atoms with Crippen LogP contribution in [0, 0.1) is 5.92 Å². The summed E-state index contributed by atoms with van der Waals surface area (Å²) in [5, 5.41) is 10.2. The molecule has 1 fully saturated rings. The van der Waals surface area contributed by atoms with Crippen molar-refractivity contribution in [1.29, 1.82) is 0 Å². The molecule has 0 saturated carbocycles. The number of amides is 1. The lowest BCUT2D eigenvalue weighted by Crippen LogP contribution is -2.42. The highest BCUT2D eigenvalue weighted by atomic mass is 16.4. The highest BCUT2D eigenvalue weighted by Gasteiger charge is 2.28. The molecule has 0 radical (unpaired) electrons. The predicted molar refractivity (Wildman–Crippen MR) is 83.6 cm³/mol. The second-order valence-corrected chi connectivity index (χ2v) is 5.98. The highest BCUT2D eigenvalue weighted by Crippen LogP contribution is 2.23. The van der Waals surface area contributed by atoms with Crippen LogP contribution in [-0.4, -0.2) is 39.5 Å². The van der Waals surface area contributed by atoms with Crippen molar-refractivity contribution >= 4 is 22.8 Å². The fourth-order valence-corrected chi connectivity index (χ4v) is 3.25. The summed E-state index contributed by atoms with van der Waals surface area (Å²) < 4.78 is 2.02. The van der Waals surface area contributed by atoms with Crippen LogP contribution in [0.3, 0.4) is 0 Å². The molecule has 1 aliphatic rings. The van der Waals surface area contributed by atoms with Crippen LogP contribution in [0.4, 0.5) is 0 Å². The van der Waals surface area contributed by atoms with Gasteiger partial charge < -0.3 is 14.6 Å². The van der Waals surface area contributed by atoms with Gasteiger partial charge in [-0.3, -0.25) is 9.59 Å². The molecule has 3 rings (SSSR count). The zero-order valence-corrected chi connectivity index (χ0v) is 12.7. The van der Waals surface area contributed by atoms with Crippen molar-refractivity contribution in [2.45, 2.75) is 19.3 Å². The van der Waals surface area contributed by atoms with Gasteiger partial charge in [-0.25, -0.2) is 0 Å². The quantitative estimate of drug-likeness (QED) is 0.943. The molecule has 1 N–H and O–H groups in total. The molecule has 0 spiro atoms. The number of piperidine rings is 1. The van der Waals surface area contributed by atoms with E-state index in [1.165, 1.54) is 0 Å². The van der Waals surface area contributed by atoms with E-state index in [0.717, 1.165) is 22.9 Å². The number of benzene rings is 1. The van der Waals surface area contributed by atoms with Gasteiger partial charge >= 0.3 is 5.97 Å². The smallest absolute Gasteiger partial charge is 0.308 e. The molecule has 1 atom stereocenters. The van der Waals surface area contributed by atoms with E-state index >= 15 is 0 Å². The summed E-state index contributed by atoms with van der Waals surface area (Å²) >= 11 is 0. The molecule has 1 amide bonds. The molecule has 1 saturated heterocycles. The van der Waals surface area contributed by atoms with Gasteiger partial charge in [-0.05, 0) is 24.5 Å². The average molecular weight is 300 g/mol. The lowest BCUT2D eigenvalue weighted by molar-refractivity contribution is -0.145. The van der Waals surface area contributed by atoms with Crippen LogP contribution in [0.5, 0.6) is 0 Å². The lowest BCUT2D eigenvalue weighted by Gasteiger charge is -2.30. The molecule has 1 unspecified atom stereocenters. The number of carbonyl (C=O) groups is 2. The maximum Gasteiger partial charge on any atom is 0.308 e. The Morgan fingerprint density at radius 2 is 2.09 bits per heavy atom. The largest absolute Gasteiger partial charge is 0.481 e. The first-order valence-electron chi connectivity index (χ1n) is 7.60. The summed E-state index contributed by atoms with van der Waals surface area (Å²) in [6.07, 6.45) is 3.74. The van der Waals surface area contributed by atoms with Crippen molar-refractivity contribution in [3.63, 3.8) is 0 Å². The van der Waals surface area contributed by atoms with Crippen LogP contribution in [0.15, 0.2) is 30.5 Å². The molecule has 5 nitrogen and oxygen atoms in total.